The van der Waals surface area contributed by atoms with E-state index in [0.29, 0.717) is 28.2 Å². The van der Waals surface area contributed by atoms with Crippen LogP contribution in [0.1, 0.15) is 96.8 Å². The molecule has 4 aliphatic rings. The largest absolute Gasteiger partial charge is 0.452 e. The van der Waals surface area contributed by atoms with Crippen molar-refractivity contribution in [2.45, 2.75) is 106 Å². The molecule has 7 nitrogen and oxygen atoms in total. The summed E-state index contributed by atoms with van der Waals surface area (Å²) in [5.74, 6) is 0.177. The number of thioether (sulfide) groups is 1. The summed E-state index contributed by atoms with van der Waals surface area (Å²) in [6, 6.07) is 27.6. The third kappa shape index (κ3) is 7.83. The Labute approximate surface area is 288 Å². The van der Waals surface area contributed by atoms with Crippen LogP contribution in [-0.2, 0) is 23.7 Å². The fraction of sp³-hybridized carbons (Fsp3) is 0.500. The second-order valence-corrected chi connectivity index (χ2v) is 14.9. The lowest BCUT2D eigenvalue weighted by Crippen LogP contribution is -2.63. The second kappa shape index (κ2) is 16.0. The van der Waals surface area contributed by atoms with E-state index in [1.807, 2.05) is 66.7 Å². The molecule has 7 rings (SSSR count). The van der Waals surface area contributed by atoms with E-state index >= 15 is 0 Å². The Hall–Kier alpha value is -3.17. The highest BCUT2D eigenvalue weighted by molar-refractivity contribution is 8.00. The fourth-order valence-corrected chi connectivity index (χ4v) is 9.78. The highest BCUT2D eigenvalue weighted by Crippen LogP contribution is 2.47. The van der Waals surface area contributed by atoms with Gasteiger partial charge >= 0.3 is 11.9 Å². The molecule has 2 saturated carbocycles. The maximum absolute atomic E-state index is 13.8. The van der Waals surface area contributed by atoms with Gasteiger partial charge < -0.3 is 23.7 Å². The summed E-state index contributed by atoms with van der Waals surface area (Å²) >= 11 is 1.80. The number of benzene rings is 3. The Balaban J connectivity index is 1.24. The SMILES string of the molecule is O=C(O[C@@H]1[C@@H](OC(=O)c2ccccc2)[C@@H](SC(C2CCCCC2)C2CCCCC2)O[C@@H]2CO[C@@H](c3ccccc3)O[C@@H]12)c1ccccc1. The highest BCUT2D eigenvalue weighted by atomic mass is 32.2. The average molecular weight is 671 g/mol. The van der Waals surface area contributed by atoms with E-state index in [-0.39, 0.29) is 6.61 Å². The van der Waals surface area contributed by atoms with Gasteiger partial charge in [0.05, 0.1) is 17.7 Å². The van der Waals surface area contributed by atoms with E-state index in [4.69, 9.17) is 23.7 Å². The average Bonchev–Trinajstić information content (AvgIpc) is 3.16. The van der Waals surface area contributed by atoms with Crippen molar-refractivity contribution in [3.63, 3.8) is 0 Å². The van der Waals surface area contributed by atoms with Gasteiger partial charge in [-0.3, -0.25) is 0 Å². The van der Waals surface area contributed by atoms with Gasteiger partial charge in [0.25, 0.3) is 0 Å². The normalized spacial score (nSPS) is 28.4. The van der Waals surface area contributed by atoms with Gasteiger partial charge in [-0.2, -0.15) is 0 Å². The highest BCUT2D eigenvalue weighted by Gasteiger charge is 2.55. The topological polar surface area (TPSA) is 80.3 Å². The first-order valence-electron chi connectivity index (χ1n) is 17.8. The van der Waals surface area contributed by atoms with Crippen molar-refractivity contribution in [1.82, 2.24) is 0 Å². The molecular weight excluding hydrogens is 625 g/mol. The van der Waals surface area contributed by atoms with Crippen molar-refractivity contribution in [3.8, 4) is 0 Å². The van der Waals surface area contributed by atoms with Gasteiger partial charge in [-0.15, -0.1) is 11.8 Å². The molecule has 8 heteroatoms. The summed E-state index contributed by atoms with van der Waals surface area (Å²) in [5.41, 5.74) is 1.14. The molecule has 0 N–H and O–H groups in total. The smallest absolute Gasteiger partial charge is 0.338 e. The number of ether oxygens (including phenoxy) is 5. The number of carbonyl (C=O) groups is 2. The number of hydrogen-bond donors (Lipinski definition) is 0. The van der Waals surface area contributed by atoms with Crippen LogP contribution in [0.3, 0.4) is 0 Å². The molecule has 2 heterocycles. The molecule has 2 aliphatic carbocycles. The third-order valence-electron chi connectivity index (χ3n) is 10.4. The first-order chi connectivity index (χ1) is 23.6. The monoisotopic (exact) mass is 670 g/mol. The summed E-state index contributed by atoms with van der Waals surface area (Å²) in [4.78, 5) is 27.6. The molecule has 0 aromatic heterocycles. The number of carbonyl (C=O) groups excluding carboxylic acids is 2. The van der Waals surface area contributed by atoms with Crippen LogP contribution in [0.4, 0.5) is 0 Å². The molecule has 254 valence electrons. The Morgan fingerprint density at radius 1 is 0.625 bits per heavy atom. The summed E-state index contributed by atoms with van der Waals surface area (Å²) in [6.45, 7) is 0.261. The van der Waals surface area contributed by atoms with Crippen molar-refractivity contribution >= 4 is 23.7 Å². The van der Waals surface area contributed by atoms with Gasteiger partial charge in [0.2, 0.25) is 0 Å². The standard InChI is InChI=1S/C40H46O7S/c41-37(29-20-10-3-11-21-29)45-34-33-32(26-43-39(47-33)31-24-14-5-15-25-31)44-40(35(34)46-38(42)30-22-12-4-13-23-30)48-36(27-16-6-1-7-17-27)28-18-8-2-9-19-28/h3-5,10-15,20-25,27-28,32-36,39-40H,1-2,6-9,16-19,26H2/t32-,33-,34+,35-,39-,40-/m1/s1. The zero-order valence-corrected chi connectivity index (χ0v) is 28.2. The molecular formula is C40H46O7S. The Bertz CT molecular complexity index is 1440. The van der Waals surface area contributed by atoms with E-state index in [0.717, 1.165) is 5.56 Å². The minimum Gasteiger partial charge on any atom is -0.452 e. The predicted octanol–water partition coefficient (Wildman–Crippen LogP) is 8.54. The molecule has 6 atom stereocenters. The zero-order valence-electron chi connectivity index (χ0n) is 27.4. The first-order valence-corrected chi connectivity index (χ1v) is 18.7. The van der Waals surface area contributed by atoms with E-state index in [1.165, 1.54) is 64.2 Å². The molecule has 0 bridgehead atoms. The van der Waals surface area contributed by atoms with Gasteiger partial charge in [0, 0.05) is 10.8 Å². The van der Waals surface area contributed by atoms with Gasteiger partial charge in [0.15, 0.2) is 18.5 Å². The maximum atomic E-state index is 13.8. The van der Waals surface area contributed by atoms with Crippen LogP contribution in [0.15, 0.2) is 91.0 Å². The van der Waals surface area contributed by atoms with Crippen LogP contribution >= 0.6 is 11.8 Å². The Morgan fingerprint density at radius 2 is 1.12 bits per heavy atom. The third-order valence-corrected chi connectivity index (χ3v) is 12.1. The van der Waals surface area contributed by atoms with Gasteiger partial charge in [-0.1, -0.05) is 105 Å². The van der Waals surface area contributed by atoms with Gasteiger partial charge in [0.1, 0.15) is 17.6 Å². The van der Waals surface area contributed by atoms with Gasteiger partial charge in [-0.25, -0.2) is 9.59 Å². The molecule has 2 aliphatic heterocycles. The van der Waals surface area contributed by atoms with E-state index in [2.05, 4.69) is 0 Å². The van der Waals surface area contributed by atoms with Crippen molar-refractivity contribution in [2.75, 3.05) is 6.61 Å². The quantitative estimate of drug-likeness (QED) is 0.210. The van der Waals surface area contributed by atoms with E-state index in [9.17, 15) is 9.59 Å². The van der Waals surface area contributed by atoms with Crippen LogP contribution in [0, 0.1) is 11.8 Å². The molecule has 0 radical (unpaired) electrons. The predicted molar refractivity (Wildman–Crippen MR) is 184 cm³/mol. The molecule has 4 fully saturated rings. The number of hydrogen-bond acceptors (Lipinski definition) is 8. The zero-order chi connectivity index (χ0) is 32.7. The number of fused-ring (bicyclic) bond motifs is 1. The Morgan fingerprint density at radius 3 is 1.67 bits per heavy atom. The minimum atomic E-state index is -0.921. The molecule has 3 aromatic rings. The fourth-order valence-electron chi connectivity index (χ4n) is 7.91. The molecule has 0 unspecified atom stereocenters. The lowest BCUT2D eigenvalue weighted by atomic mass is 9.77. The summed E-state index contributed by atoms with van der Waals surface area (Å²) in [7, 11) is 0. The molecule has 2 saturated heterocycles. The lowest BCUT2D eigenvalue weighted by Gasteiger charge is -2.49. The van der Waals surface area contributed by atoms with Crippen LogP contribution in [-0.4, -0.2) is 53.6 Å². The van der Waals surface area contributed by atoms with Crippen LogP contribution in [0.2, 0.25) is 0 Å². The van der Waals surface area contributed by atoms with Crippen LogP contribution in [0.25, 0.3) is 0 Å². The van der Waals surface area contributed by atoms with Crippen molar-refractivity contribution in [2.24, 2.45) is 11.8 Å². The van der Waals surface area contributed by atoms with E-state index < -0.39 is 48.1 Å². The Kier molecular flexibility index (Phi) is 11.1. The van der Waals surface area contributed by atoms with Crippen molar-refractivity contribution in [3.05, 3.63) is 108 Å². The lowest BCUT2D eigenvalue weighted by molar-refractivity contribution is -0.317. The summed E-state index contributed by atoms with van der Waals surface area (Å²) in [5, 5.41) is 0.359. The number of rotatable bonds is 9. The first kappa shape index (κ1) is 33.3. The van der Waals surface area contributed by atoms with E-state index in [1.54, 1.807) is 36.0 Å². The summed E-state index contributed by atoms with van der Waals surface area (Å²) in [6.07, 6.45) is 8.66. The second-order valence-electron chi connectivity index (χ2n) is 13.6. The molecule has 0 amide bonds. The van der Waals surface area contributed by atoms with Gasteiger partial charge in [-0.05, 0) is 61.8 Å². The molecule has 0 spiro atoms. The number of esters is 2. The molecule has 3 aromatic carbocycles. The van der Waals surface area contributed by atoms with Crippen LogP contribution < -0.4 is 0 Å². The van der Waals surface area contributed by atoms with Crippen LogP contribution in [0.5, 0.6) is 0 Å². The van der Waals surface area contributed by atoms with Crippen molar-refractivity contribution < 1.29 is 33.3 Å². The molecule has 48 heavy (non-hydrogen) atoms. The maximum Gasteiger partial charge on any atom is 0.338 e. The summed E-state index contributed by atoms with van der Waals surface area (Å²) < 4.78 is 32.6. The minimum absolute atomic E-state index is 0.261. The van der Waals surface area contributed by atoms with Crippen molar-refractivity contribution in [1.29, 1.82) is 0 Å².